The molecule has 0 saturated heterocycles. The second-order valence-corrected chi connectivity index (χ2v) is 10.8. The van der Waals surface area contributed by atoms with Gasteiger partial charge in [-0.15, -0.1) is 0 Å². The quantitative estimate of drug-likeness (QED) is 0.497. The van der Waals surface area contributed by atoms with Gasteiger partial charge in [0.1, 0.15) is 12.6 Å². The number of rotatable bonds is 12. The standard InChI is InChI=1S/C25H36N4O4S/c1-20(2)18-26-25(31)21(3)28(17-16-22-12-8-6-9-13-22)24(30)19-29(34(32,33)27(4)5)23-14-10-7-11-15-23/h6-15,20-21H,16-19H2,1-5H3,(H,26,31)/t21-/m0/s1. The minimum absolute atomic E-state index is 0.267. The number of nitrogens with one attached hydrogen (secondary N) is 1. The lowest BCUT2D eigenvalue weighted by Gasteiger charge is -2.33. The van der Waals surface area contributed by atoms with Crippen molar-refractivity contribution >= 4 is 27.7 Å². The van der Waals surface area contributed by atoms with E-state index in [9.17, 15) is 18.0 Å². The summed E-state index contributed by atoms with van der Waals surface area (Å²) in [6.45, 7) is 6.02. The maximum atomic E-state index is 13.5. The fourth-order valence-corrected chi connectivity index (χ4v) is 4.39. The Morgan fingerprint density at radius 1 is 0.912 bits per heavy atom. The van der Waals surface area contributed by atoms with Gasteiger partial charge < -0.3 is 10.2 Å². The Bertz CT molecular complexity index is 1030. The second kappa shape index (κ2) is 12.5. The fourth-order valence-electron chi connectivity index (χ4n) is 3.33. The lowest BCUT2D eigenvalue weighted by molar-refractivity contribution is -0.138. The van der Waals surface area contributed by atoms with Gasteiger partial charge in [0.2, 0.25) is 11.8 Å². The predicted octanol–water partition coefficient (Wildman–Crippen LogP) is 2.53. The zero-order valence-corrected chi connectivity index (χ0v) is 21.5. The molecule has 0 aliphatic heterocycles. The molecule has 0 aliphatic carbocycles. The number of amides is 2. The summed E-state index contributed by atoms with van der Waals surface area (Å²) < 4.78 is 28.2. The summed E-state index contributed by atoms with van der Waals surface area (Å²) in [4.78, 5) is 27.8. The van der Waals surface area contributed by atoms with Crippen LogP contribution in [0, 0.1) is 5.92 Å². The lowest BCUT2D eigenvalue weighted by Crippen LogP contribution is -2.53. The highest BCUT2D eigenvalue weighted by Gasteiger charge is 2.32. The van der Waals surface area contributed by atoms with Gasteiger partial charge in [-0.3, -0.25) is 9.59 Å². The lowest BCUT2D eigenvalue weighted by atomic mass is 10.1. The van der Waals surface area contributed by atoms with Crippen LogP contribution in [0.1, 0.15) is 26.3 Å². The van der Waals surface area contributed by atoms with Crippen LogP contribution in [0.2, 0.25) is 0 Å². The van der Waals surface area contributed by atoms with Crippen molar-refractivity contribution < 1.29 is 18.0 Å². The van der Waals surface area contributed by atoms with Crippen molar-refractivity contribution in [2.75, 3.05) is 38.0 Å². The molecule has 34 heavy (non-hydrogen) atoms. The number of benzene rings is 2. The minimum Gasteiger partial charge on any atom is -0.354 e. The first kappa shape index (κ1) is 27.3. The van der Waals surface area contributed by atoms with Gasteiger partial charge in [-0.1, -0.05) is 62.4 Å². The third-order valence-corrected chi connectivity index (χ3v) is 7.22. The summed E-state index contributed by atoms with van der Waals surface area (Å²) in [5.74, 6) is -0.447. The molecule has 1 atom stereocenters. The summed E-state index contributed by atoms with van der Waals surface area (Å²) >= 11 is 0. The normalized spacial score (nSPS) is 12.4. The van der Waals surface area contributed by atoms with Crippen LogP contribution in [0.4, 0.5) is 5.69 Å². The smallest absolute Gasteiger partial charge is 0.304 e. The van der Waals surface area contributed by atoms with E-state index in [-0.39, 0.29) is 18.4 Å². The maximum absolute atomic E-state index is 13.5. The first-order chi connectivity index (χ1) is 16.0. The molecule has 0 aromatic heterocycles. The van der Waals surface area contributed by atoms with E-state index in [1.54, 1.807) is 37.3 Å². The molecular formula is C25H36N4O4S. The number of carbonyl (C=O) groups is 2. The molecule has 0 bridgehead atoms. The van der Waals surface area contributed by atoms with Crippen LogP contribution < -0.4 is 9.62 Å². The van der Waals surface area contributed by atoms with Gasteiger partial charge in [-0.25, -0.2) is 4.31 Å². The fraction of sp³-hybridized carbons (Fsp3) is 0.440. The summed E-state index contributed by atoms with van der Waals surface area (Å²) in [7, 11) is -1.09. The Labute approximate surface area is 203 Å². The molecular weight excluding hydrogens is 452 g/mol. The van der Waals surface area contributed by atoms with E-state index in [4.69, 9.17) is 0 Å². The van der Waals surface area contributed by atoms with Gasteiger partial charge in [-0.2, -0.15) is 12.7 Å². The molecule has 2 amide bonds. The Balaban J connectivity index is 2.32. The highest BCUT2D eigenvalue weighted by molar-refractivity contribution is 7.90. The van der Waals surface area contributed by atoms with Crippen LogP contribution in [0.15, 0.2) is 60.7 Å². The topological polar surface area (TPSA) is 90.0 Å². The van der Waals surface area contributed by atoms with Crippen molar-refractivity contribution in [1.29, 1.82) is 0 Å². The van der Waals surface area contributed by atoms with E-state index in [0.717, 1.165) is 14.2 Å². The number of hydrogen-bond acceptors (Lipinski definition) is 4. The van der Waals surface area contributed by atoms with Gasteiger partial charge in [0.05, 0.1) is 5.69 Å². The highest BCUT2D eigenvalue weighted by atomic mass is 32.2. The number of nitrogens with zero attached hydrogens (tertiary/aromatic N) is 3. The van der Waals surface area contributed by atoms with Crippen LogP contribution in [0.25, 0.3) is 0 Å². The molecule has 1 N–H and O–H groups in total. The third kappa shape index (κ3) is 7.56. The van der Waals surface area contributed by atoms with E-state index in [0.29, 0.717) is 18.7 Å². The third-order valence-electron chi connectivity index (χ3n) is 5.40. The zero-order chi connectivity index (χ0) is 25.3. The Morgan fingerprint density at radius 3 is 2.00 bits per heavy atom. The average molecular weight is 489 g/mol. The Hall–Kier alpha value is -2.91. The SMILES string of the molecule is CC(C)CNC(=O)[C@H](C)N(CCc1ccccc1)C(=O)CN(c1ccccc1)S(=O)(=O)N(C)C. The minimum atomic E-state index is -3.94. The molecule has 0 radical (unpaired) electrons. The molecule has 0 unspecified atom stereocenters. The molecule has 0 aliphatic rings. The number of carbonyl (C=O) groups excluding carboxylic acids is 2. The number of para-hydroxylation sites is 1. The first-order valence-corrected chi connectivity index (χ1v) is 12.8. The molecule has 0 spiro atoms. The van der Waals surface area contributed by atoms with Crippen molar-refractivity contribution in [3.63, 3.8) is 0 Å². The number of hydrogen-bond donors (Lipinski definition) is 1. The maximum Gasteiger partial charge on any atom is 0.304 e. The predicted molar refractivity (Wildman–Crippen MR) is 136 cm³/mol. The Kier molecular flexibility index (Phi) is 10.1. The highest BCUT2D eigenvalue weighted by Crippen LogP contribution is 2.20. The van der Waals surface area contributed by atoms with E-state index in [2.05, 4.69) is 5.32 Å². The molecule has 0 saturated carbocycles. The van der Waals surface area contributed by atoms with Crippen molar-refractivity contribution in [3.05, 3.63) is 66.2 Å². The number of anilines is 1. The Morgan fingerprint density at radius 2 is 1.47 bits per heavy atom. The van der Waals surface area contributed by atoms with Crippen LogP contribution in [-0.2, 0) is 26.2 Å². The molecule has 9 heteroatoms. The second-order valence-electron chi connectivity index (χ2n) is 8.77. The van der Waals surface area contributed by atoms with Crippen LogP contribution in [0.5, 0.6) is 0 Å². The summed E-state index contributed by atoms with van der Waals surface area (Å²) in [5, 5.41) is 2.88. The summed E-state index contributed by atoms with van der Waals surface area (Å²) in [5.41, 5.74) is 1.40. The van der Waals surface area contributed by atoms with Crippen molar-refractivity contribution in [2.24, 2.45) is 5.92 Å². The molecule has 8 nitrogen and oxygen atoms in total. The van der Waals surface area contributed by atoms with E-state index in [1.807, 2.05) is 44.2 Å². The summed E-state index contributed by atoms with van der Waals surface area (Å²) in [6, 6.07) is 17.4. The summed E-state index contributed by atoms with van der Waals surface area (Å²) in [6.07, 6.45) is 0.542. The molecule has 2 aromatic carbocycles. The molecule has 2 rings (SSSR count). The first-order valence-electron chi connectivity index (χ1n) is 11.4. The monoisotopic (exact) mass is 488 g/mol. The van der Waals surface area contributed by atoms with Crippen LogP contribution in [0.3, 0.4) is 0 Å². The van der Waals surface area contributed by atoms with Crippen molar-refractivity contribution in [2.45, 2.75) is 33.2 Å². The average Bonchev–Trinajstić information content (AvgIpc) is 2.81. The van der Waals surface area contributed by atoms with Crippen molar-refractivity contribution in [1.82, 2.24) is 14.5 Å². The molecule has 0 fully saturated rings. The van der Waals surface area contributed by atoms with Crippen molar-refractivity contribution in [3.8, 4) is 0 Å². The van der Waals surface area contributed by atoms with Crippen LogP contribution in [-0.4, -0.2) is 69.2 Å². The molecule has 0 heterocycles. The van der Waals surface area contributed by atoms with E-state index >= 15 is 0 Å². The van der Waals surface area contributed by atoms with Gasteiger partial charge in [-0.05, 0) is 37.0 Å². The van der Waals surface area contributed by atoms with E-state index < -0.39 is 28.7 Å². The van der Waals surface area contributed by atoms with E-state index in [1.165, 1.54) is 19.0 Å². The molecule has 186 valence electrons. The van der Waals surface area contributed by atoms with Crippen LogP contribution >= 0.6 is 0 Å². The van der Waals surface area contributed by atoms with Gasteiger partial charge in [0.15, 0.2) is 0 Å². The largest absolute Gasteiger partial charge is 0.354 e. The molecule has 2 aromatic rings. The van der Waals surface area contributed by atoms with Gasteiger partial charge in [0.25, 0.3) is 0 Å². The van der Waals surface area contributed by atoms with Gasteiger partial charge in [0, 0.05) is 27.2 Å². The zero-order valence-electron chi connectivity index (χ0n) is 20.6. The van der Waals surface area contributed by atoms with Gasteiger partial charge >= 0.3 is 10.2 Å².